The lowest BCUT2D eigenvalue weighted by Gasteiger charge is -2.11. The number of ketones is 3. The van der Waals surface area contributed by atoms with Gasteiger partial charge in [-0.1, -0.05) is 13.8 Å². The minimum atomic E-state index is -3.83. The number of fused-ring (bicyclic) bond motifs is 2. The van der Waals surface area contributed by atoms with Gasteiger partial charge in [0.2, 0.25) is 26.0 Å². The summed E-state index contributed by atoms with van der Waals surface area (Å²) in [7, 11) is -7.66. The summed E-state index contributed by atoms with van der Waals surface area (Å²) >= 11 is 0. The van der Waals surface area contributed by atoms with Gasteiger partial charge in [-0.2, -0.15) is 10.2 Å². The molecular formula is C40H39F4N9O8S2. The van der Waals surface area contributed by atoms with Crippen LogP contribution >= 0.6 is 0 Å². The Balaban J connectivity index is 0.000000210. The summed E-state index contributed by atoms with van der Waals surface area (Å²) in [6.07, 6.45) is 4.07. The zero-order valence-corrected chi connectivity index (χ0v) is 35.4. The van der Waals surface area contributed by atoms with Crippen LogP contribution in [0.25, 0.3) is 22.1 Å². The number of benzene rings is 2. The molecule has 0 saturated heterocycles. The summed E-state index contributed by atoms with van der Waals surface area (Å²) < 4.78 is 110. The molecule has 1 amide bonds. The molecule has 1 saturated carbocycles. The summed E-state index contributed by atoms with van der Waals surface area (Å²) in [6.45, 7) is 4.59. The number of carbonyl (C=O) groups excluding carboxylic acids is 4. The first kappa shape index (κ1) is 45.9. The monoisotopic (exact) mass is 913 g/mol. The van der Waals surface area contributed by atoms with Crippen molar-refractivity contribution >= 4 is 82.6 Å². The van der Waals surface area contributed by atoms with Crippen LogP contribution < -0.4 is 14.8 Å². The first-order valence-electron chi connectivity index (χ1n) is 19.3. The molecule has 4 heterocycles. The third-order valence-corrected chi connectivity index (χ3v) is 12.3. The number of amides is 1. The molecule has 0 aliphatic heterocycles. The van der Waals surface area contributed by atoms with Crippen LogP contribution in [0.15, 0.2) is 48.8 Å². The van der Waals surface area contributed by atoms with E-state index in [2.05, 4.69) is 35.7 Å². The standard InChI is InChI=1S/C21H20F2N4O4S.C19H19F2N5O4S/c1-2-7-32(30,31)27-15-6-5-14(22)17(18(15)23)16(28)9-11-8-13-19(20(29)12-3-4-12)25-26-21(13)24-10-11;1-3-6-31(29,30)26-14-5-4-13(20)16(17(14)21)15(28)8-11-7-12-18(22-9-11)24-25-19(12)23-10(2)27/h5-6,8,10,12,27H,2-4,7,9H2,1H3,(H,24,25,26);4-5,7,9,26H,3,6,8H2,1-2H3,(H2,22,23,24,25,27). The summed E-state index contributed by atoms with van der Waals surface area (Å²) in [5.74, 6) is -7.29. The van der Waals surface area contributed by atoms with Gasteiger partial charge in [-0.15, -0.1) is 0 Å². The molecule has 17 nitrogen and oxygen atoms in total. The van der Waals surface area contributed by atoms with Crippen LogP contribution in [0.2, 0.25) is 0 Å². The highest BCUT2D eigenvalue weighted by molar-refractivity contribution is 7.92. The molecule has 332 valence electrons. The molecule has 1 fully saturated rings. The number of H-pyrrole nitrogens is 2. The van der Waals surface area contributed by atoms with Crippen molar-refractivity contribution in [3.63, 3.8) is 0 Å². The SMILES string of the molecule is CCCS(=O)(=O)Nc1ccc(F)c(C(=O)Cc2cnc3n[nH]c(C(=O)C4CC4)c3c2)c1F.CCCS(=O)(=O)Nc1ccc(F)c(C(=O)Cc2cnc3n[nH]c(NC(C)=O)c3c2)c1F. The number of hydrogen-bond acceptors (Lipinski definition) is 12. The molecule has 63 heavy (non-hydrogen) atoms. The average molecular weight is 914 g/mol. The van der Waals surface area contributed by atoms with Crippen molar-refractivity contribution in [3.05, 3.63) is 100 Å². The minimum absolute atomic E-state index is 0.0497. The second-order valence-electron chi connectivity index (χ2n) is 14.6. The summed E-state index contributed by atoms with van der Waals surface area (Å²) in [5.41, 5.74) is -1.16. The quantitative estimate of drug-likeness (QED) is 0.0508. The molecule has 2 aromatic carbocycles. The van der Waals surface area contributed by atoms with Gasteiger partial charge in [-0.05, 0) is 73.2 Å². The van der Waals surface area contributed by atoms with E-state index in [0.29, 0.717) is 46.1 Å². The van der Waals surface area contributed by atoms with Crippen LogP contribution in [-0.2, 0) is 37.7 Å². The largest absolute Gasteiger partial charge is 0.311 e. The number of pyridine rings is 2. The van der Waals surface area contributed by atoms with E-state index in [9.17, 15) is 53.6 Å². The first-order chi connectivity index (χ1) is 29.8. The van der Waals surface area contributed by atoms with E-state index in [-0.39, 0.29) is 40.6 Å². The van der Waals surface area contributed by atoms with Crippen molar-refractivity contribution < 1.29 is 53.6 Å². The summed E-state index contributed by atoms with van der Waals surface area (Å²) in [5, 5.41) is 16.6. The zero-order valence-electron chi connectivity index (χ0n) is 33.7. The highest BCUT2D eigenvalue weighted by Crippen LogP contribution is 2.34. The Hall–Kier alpha value is -6.62. The van der Waals surface area contributed by atoms with Gasteiger partial charge in [0, 0.05) is 38.1 Å². The second kappa shape index (κ2) is 18.8. The van der Waals surface area contributed by atoms with E-state index < -0.39 is 90.2 Å². The highest BCUT2D eigenvalue weighted by Gasteiger charge is 2.33. The molecule has 4 aromatic heterocycles. The number of nitrogens with one attached hydrogen (secondary N) is 5. The molecule has 0 unspecified atom stereocenters. The summed E-state index contributed by atoms with van der Waals surface area (Å²) in [6, 6.07) is 6.58. The molecule has 6 aromatic rings. The Labute approximate surface area is 357 Å². The number of nitrogens with zero attached hydrogens (tertiary/aromatic N) is 4. The average Bonchev–Trinajstić information content (AvgIpc) is 3.87. The maximum Gasteiger partial charge on any atom is 0.232 e. The van der Waals surface area contributed by atoms with Crippen LogP contribution in [0.4, 0.5) is 34.8 Å². The molecule has 1 aliphatic rings. The Morgan fingerprint density at radius 2 is 1.16 bits per heavy atom. The molecule has 0 atom stereocenters. The van der Waals surface area contributed by atoms with Crippen LogP contribution in [0, 0.1) is 29.2 Å². The minimum Gasteiger partial charge on any atom is -0.311 e. The number of halogens is 4. The Bertz CT molecular complexity index is 3010. The van der Waals surface area contributed by atoms with E-state index in [4.69, 9.17) is 0 Å². The van der Waals surface area contributed by atoms with Crippen LogP contribution in [0.3, 0.4) is 0 Å². The van der Waals surface area contributed by atoms with Gasteiger partial charge in [0.15, 0.2) is 40.3 Å². The fourth-order valence-electron chi connectivity index (χ4n) is 6.38. The van der Waals surface area contributed by atoms with Crippen molar-refractivity contribution in [3.8, 4) is 0 Å². The number of rotatable bonds is 17. The maximum atomic E-state index is 14.9. The van der Waals surface area contributed by atoms with E-state index in [1.54, 1.807) is 19.9 Å². The van der Waals surface area contributed by atoms with Gasteiger partial charge in [0.25, 0.3) is 0 Å². The van der Waals surface area contributed by atoms with E-state index in [1.165, 1.54) is 25.4 Å². The Morgan fingerprint density at radius 3 is 1.62 bits per heavy atom. The van der Waals surface area contributed by atoms with Crippen molar-refractivity contribution in [1.82, 2.24) is 30.4 Å². The molecule has 5 N–H and O–H groups in total. The van der Waals surface area contributed by atoms with Crippen LogP contribution in [0.5, 0.6) is 0 Å². The lowest BCUT2D eigenvalue weighted by Crippen LogP contribution is -2.19. The van der Waals surface area contributed by atoms with Crippen molar-refractivity contribution in [2.75, 3.05) is 26.3 Å². The predicted octanol–water partition coefficient (Wildman–Crippen LogP) is 6.18. The number of hydrogen-bond donors (Lipinski definition) is 5. The lowest BCUT2D eigenvalue weighted by molar-refractivity contribution is -0.114. The van der Waals surface area contributed by atoms with E-state index in [1.807, 2.05) is 9.44 Å². The van der Waals surface area contributed by atoms with E-state index >= 15 is 0 Å². The molecule has 7 rings (SSSR count). The molecule has 1 aliphatic carbocycles. The fraction of sp³-hybridized carbons (Fsp3) is 0.300. The van der Waals surface area contributed by atoms with Crippen molar-refractivity contribution in [1.29, 1.82) is 0 Å². The Kier molecular flexibility index (Phi) is 13.7. The van der Waals surface area contributed by atoms with Gasteiger partial charge in [-0.25, -0.2) is 44.4 Å². The molecule has 0 spiro atoms. The number of carbonyl (C=O) groups is 4. The second-order valence-corrected chi connectivity index (χ2v) is 18.2. The third-order valence-electron chi connectivity index (χ3n) is 9.37. The maximum absolute atomic E-state index is 14.9. The number of sulfonamides is 2. The van der Waals surface area contributed by atoms with Gasteiger partial charge in [-0.3, -0.25) is 38.8 Å². The smallest absolute Gasteiger partial charge is 0.232 e. The fourth-order valence-corrected chi connectivity index (χ4v) is 8.65. The van der Waals surface area contributed by atoms with Gasteiger partial charge in [0.1, 0.15) is 23.1 Å². The third kappa shape index (κ3) is 10.9. The van der Waals surface area contributed by atoms with Gasteiger partial charge < -0.3 is 5.32 Å². The number of aromatic amines is 2. The van der Waals surface area contributed by atoms with Crippen molar-refractivity contribution in [2.24, 2.45) is 5.92 Å². The number of aromatic nitrogens is 6. The molecule has 0 radical (unpaired) electrons. The topological polar surface area (TPSA) is 256 Å². The van der Waals surface area contributed by atoms with Crippen LogP contribution in [-0.4, -0.2) is 82.0 Å². The number of Topliss-reactive ketones (excluding diaryl/α,β-unsaturated/α-hetero) is 3. The normalized spacial score (nSPS) is 12.7. The summed E-state index contributed by atoms with van der Waals surface area (Å²) in [4.78, 5) is 57.3. The molecular weight excluding hydrogens is 875 g/mol. The van der Waals surface area contributed by atoms with E-state index in [0.717, 1.165) is 37.1 Å². The number of anilines is 3. The van der Waals surface area contributed by atoms with Crippen LogP contribution in [0.1, 0.15) is 88.8 Å². The highest BCUT2D eigenvalue weighted by atomic mass is 32.2. The predicted molar refractivity (Wildman–Crippen MR) is 223 cm³/mol. The molecule has 0 bridgehead atoms. The zero-order chi connectivity index (χ0) is 45.8. The lowest BCUT2D eigenvalue weighted by atomic mass is 10.0. The molecule has 23 heteroatoms. The first-order valence-corrected chi connectivity index (χ1v) is 22.6. The Morgan fingerprint density at radius 1 is 0.698 bits per heavy atom. The van der Waals surface area contributed by atoms with Gasteiger partial charge >= 0.3 is 0 Å². The van der Waals surface area contributed by atoms with Crippen molar-refractivity contribution in [2.45, 2.75) is 59.3 Å². The van der Waals surface area contributed by atoms with Gasteiger partial charge in [0.05, 0.1) is 44.8 Å².